The number of H-pyrrole nitrogens is 1. The van der Waals surface area contributed by atoms with E-state index in [0.29, 0.717) is 4.77 Å². The number of hydrogen-bond acceptors (Lipinski definition) is 2. The van der Waals surface area contributed by atoms with Crippen LogP contribution in [0.2, 0.25) is 0 Å². The van der Waals surface area contributed by atoms with Gasteiger partial charge in [0.15, 0.2) is 16.3 Å². The smallest absolute Gasteiger partial charge is 0.182 e. The van der Waals surface area contributed by atoms with E-state index in [4.69, 9.17) is 17.0 Å². The SMILES string of the molecule is COc1cc(-n2c(C(C)(C)C)c[nH]c2=S)ccc1F. The van der Waals surface area contributed by atoms with E-state index < -0.39 is 0 Å². The quantitative estimate of drug-likeness (QED) is 0.843. The van der Waals surface area contributed by atoms with E-state index in [1.165, 1.54) is 13.2 Å². The van der Waals surface area contributed by atoms with Crippen molar-refractivity contribution in [3.8, 4) is 11.4 Å². The number of aromatic amines is 1. The molecule has 0 radical (unpaired) electrons. The van der Waals surface area contributed by atoms with Crippen LogP contribution >= 0.6 is 12.2 Å². The molecule has 0 saturated heterocycles. The number of benzene rings is 1. The second-order valence-corrected chi connectivity index (χ2v) is 5.77. The van der Waals surface area contributed by atoms with Crippen LogP contribution in [0.5, 0.6) is 5.75 Å². The Kier molecular flexibility index (Phi) is 3.49. The molecule has 102 valence electrons. The molecule has 1 aromatic heterocycles. The van der Waals surface area contributed by atoms with Crippen LogP contribution in [0.15, 0.2) is 24.4 Å². The van der Waals surface area contributed by atoms with Crippen molar-refractivity contribution in [1.82, 2.24) is 9.55 Å². The fourth-order valence-electron chi connectivity index (χ4n) is 1.96. The van der Waals surface area contributed by atoms with Crippen LogP contribution < -0.4 is 4.74 Å². The Bertz CT molecular complexity index is 652. The summed E-state index contributed by atoms with van der Waals surface area (Å²) in [5, 5.41) is 0. The molecule has 0 atom stereocenters. The number of imidazole rings is 1. The summed E-state index contributed by atoms with van der Waals surface area (Å²) in [6.45, 7) is 6.30. The van der Waals surface area contributed by atoms with E-state index in [9.17, 15) is 4.39 Å². The predicted octanol–water partition coefficient (Wildman–Crippen LogP) is 3.98. The minimum Gasteiger partial charge on any atom is -0.494 e. The summed E-state index contributed by atoms with van der Waals surface area (Å²) >= 11 is 5.31. The molecule has 1 heterocycles. The van der Waals surface area contributed by atoms with Gasteiger partial charge in [-0.3, -0.25) is 4.57 Å². The highest BCUT2D eigenvalue weighted by Gasteiger charge is 2.20. The Balaban J connectivity index is 2.66. The predicted molar refractivity (Wildman–Crippen MR) is 76.2 cm³/mol. The first-order chi connectivity index (χ1) is 8.84. The van der Waals surface area contributed by atoms with Crippen molar-refractivity contribution in [1.29, 1.82) is 0 Å². The van der Waals surface area contributed by atoms with Crippen LogP contribution in [-0.4, -0.2) is 16.7 Å². The fourth-order valence-corrected chi connectivity index (χ4v) is 2.23. The van der Waals surface area contributed by atoms with Gasteiger partial charge in [-0.05, 0) is 24.4 Å². The van der Waals surface area contributed by atoms with Gasteiger partial charge in [0.05, 0.1) is 12.8 Å². The number of hydrogen-bond donors (Lipinski definition) is 1. The van der Waals surface area contributed by atoms with Gasteiger partial charge in [-0.25, -0.2) is 4.39 Å². The van der Waals surface area contributed by atoms with Crippen molar-refractivity contribution in [2.24, 2.45) is 0 Å². The van der Waals surface area contributed by atoms with Gasteiger partial charge < -0.3 is 9.72 Å². The first-order valence-corrected chi connectivity index (χ1v) is 6.40. The Morgan fingerprint density at radius 1 is 1.32 bits per heavy atom. The highest BCUT2D eigenvalue weighted by molar-refractivity contribution is 7.71. The average molecular weight is 280 g/mol. The lowest BCUT2D eigenvalue weighted by molar-refractivity contribution is 0.386. The summed E-state index contributed by atoms with van der Waals surface area (Å²) in [4.78, 5) is 3.04. The number of halogens is 1. The first kappa shape index (κ1) is 13.8. The van der Waals surface area contributed by atoms with Crippen LogP contribution in [0.25, 0.3) is 5.69 Å². The maximum absolute atomic E-state index is 13.5. The number of rotatable bonds is 2. The first-order valence-electron chi connectivity index (χ1n) is 5.99. The molecule has 0 aliphatic heterocycles. The molecule has 0 saturated carbocycles. The number of aromatic nitrogens is 2. The second-order valence-electron chi connectivity index (χ2n) is 5.38. The minimum atomic E-state index is -0.384. The van der Waals surface area contributed by atoms with Gasteiger partial charge in [0.2, 0.25) is 0 Å². The average Bonchev–Trinajstić information content (AvgIpc) is 2.72. The molecule has 0 amide bonds. The normalized spacial score (nSPS) is 11.6. The zero-order valence-corrected chi connectivity index (χ0v) is 12.3. The lowest BCUT2D eigenvalue weighted by Gasteiger charge is -2.21. The lowest BCUT2D eigenvalue weighted by Crippen LogP contribution is -2.16. The van der Waals surface area contributed by atoms with E-state index in [2.05, 4.69) is 25.8 Å². The highest BCUT2D eigenvalue weighted by atomic mass is 32.1. The van der Waals surface area contributed by atoms with Gasteiger partial charge in [0.25, 0.3) is 0 Å². The largest absolute Gasteiger partial charge is 0.494 e. The third-order valence-corrected chi connectivity index (χ3v) is 3.24. The van der Waals surface area contributed by atoms with Gasteiger partial charge in [0, 0.05) is 23.4 Å². The van der Waals surface area contributed by atoms with Gasteiger partial charge in [0.1, 0.15) is 0 Å². The van der Waals surface area contributed by atoms with Crippen LogP contribution in [0, 0.1) is 10.6 Å². The van der Waals surface area contributed by atoms with Crippen molar-refractivity contribution in [2.75, 3.05) is 7.11 Å². The highest BCUT2D eigenvalue weighted by Crippen LogP contribution is 2.28. The molecule has 0 aliphatic carbocycles. The van der Waals surface area contributed by atoms with Crippen LogP contribution in [0.1, 0.15) is 26.5 Å². The number of ether oxygens (including phenoxy) is 1. The maximum atomic E-state index is 13.5. The molecule has 2 aromatic rings. The van der Waals surface area contributed by atoms with Crippen LogP contribution in [0.4, 0.5) is 4.39 Å². The van der Waals surface area contributed by atoms with Crippen molar-refractivity contribution in [3.63, 3.8) is 0 Å². The summed E-state index contributed by atoms with van der Waals surface area (Å²) in [5.74, 6) is -0.175. The Morgan fingerprint density at radius 2 is 2.00 bits per heavy atom. The topological polar surface area (TPSA) is 29.9 Å². The van der Waals surface area contributed by atoms with E-state index in [0.717, 1.165) is 11.4 Å². The molecule has 0 fully saturated rings. The zero-order valence-electron chi connectivity index (χ0n) is 11.5. The Labute approximate surface area is 117 Å². The zero-order chi connectivity index (χ0) is 14.2. The molecule has 0 aliphatic rings. The van der Waals surface area contributed by atoms with E-state index >= 15 is 0 Å². The molecular weight excluding hydrogens is 263 g/mol. The van der Waals surface area contributed by atoms with Crippen molar-refractivity contribution in [2.45, 2.75) is 26.2 Å². The molecule has 1 aromatic carbocycles. The Hall–Kier alpha value is -1.62. The van der Waals surface area contributed by atoms with Crippen molar-refractivity contribution >= 4 is 12.2 Å². The van der Waals surface area contributed by atoms with E-state index in [-0.39, 0.29) is 17.0 Å². The molecule has 0 bridgehead atoms. The van der Waals surface area contributed by atoms with Crippen molar-refractivity contribution in [3.05, 3.63) is 40.7 Å². The molecule has 0 unspecified atom stereocenters. The van der Waals surface area contributed by atoms with E-state index in [1.54, 1.807) is 12.1 Å². The van der Waals surface area contributed by atoms with Crippen LogP contribution in [-0.2, 0) is 5.41 Å². The molecule has 2 rings (SSSR count). The maximum Gasteiger partial charge on any atom is 0.182 e. The van der Waals surface area contributed by atoms with E-state index in [1.807, 2.05) is 10.8 Å². The molecule has 5 heteroatoms. The molecule has 3 nitrogen and oxygen atoms in total. The molecule has 1 N–H and O–H groups in total. The molecule has 19 heavy (non-hydrogen) atoms. The summed E-state index contributed by atoms with van der Waals surface area (Å²) in [6.07, 6.45) is 1.89. The van der Waals surface area contributed by atoms with Crippen LogP contribution in [0.3, 0.4) is 0 Å². The van der Waals surface area contributed by atoms with Gasteiger partial charge in [-0.15, -0.1) is 0 Å². The summed E-state index contributed by atoms with van der Waals surface area (Å²) in [5.41, 5.74) is 1.75. The monoisotopic (exact) mass is 280 g/mol. The van der Waals surface area contributed by atoms with Gasteiger partial charge in [-0.2, -0.15) is 0 Å². The molecular formula is C14H17FN2OS. The van der Waals surface area contributed by atoms with Gasteiger partial charge in [-0.1, -0.05) is 20.8 Å². The number of methoxy groups -OCH3 is 1. The minimum absolute atomic E-state index is 0.0742. The fraction of sp³-hybridized carbons (Fsp3) is 0.357. The van der Waals surface area contributed by atoms with Gasteiger partial charge >= 0.3 is 0 Å². The Morgan fingerprint density at radius 3 is 2.58 bits per heavy atom. The summed E-state index contributed by atoms with van der Waals surface area (Å²) in [6, 6.07) is 4.72. The third kappa shape index (κ3) is 2.56. The second kappa shape index (κ2) is 4.81. The number of nitrogens with one attached hydrogen (secondary N) is 1. The summed E-state index contributed by atoms with van der Waals surface area (Å²) < 4.78 is 21.0. The molecule has 0 spiro atoms. The number of nitrogens with zero attached hydrogens (tertiary/aromatic N) is 1. The van der Waals surface area contributed by atoms with Crippen molar-refractivity contribution < 1.29 is 9.13 Å². The third-order valence-electron chi connectivity index (χ3n) is 2.94. The summed E-state index contributed by atoms with van der Waals surface area (Å²) in [7, 11) is 1.45. The lowest BCUT2D eigenvalue weighted by atomic mass is 9.92. The standard InChI is InChI=1S/C14H17FN2OS/c1-14(2,3)12-8-16-13(19)17(12)9-5-6-10(15)11(7-9)18-4/h5-8H,1-4H3,(H,16,19).